The summed E-state index contributed by atoms with van der Waals surface area (Å²) in [4.78, 5) is 47.1. The van der Waals surface area contributed by atoms with Gasteiger partial charge < -0.3 is 109 Å². The molecule has 58 heavy (non-hydrogen) atoms. The fourth-order valence-corrected chi connectivity index (χ4v) is 7.28. The number of carbonyl (C=O) groups is 4. The molecule has 0 spiro atoms. The molecule has 330 valence electrons. The first-order valence-electron chi connectivity index (χ1n) is 18.4. The zero-order valence-corrected chi connectivity index (χ0v) is 31.4. The van der Waals surface area contributed by atoms with Crippen molar-refractivity contribution in [2.75, 3.05) is 46.5 Å². The maximum atomic E-state index is 12.6. The molecule has 4 rings (SSSR count). The SMILES string of the molecule is C#CCNCC1OC(OCC2C(C(=O)O)OC(OC3C(O)C(CO)OC(OC)C3NCC=O)C(O)C2O)C(NCC=O)C(OC2OC(C(=O)O)C(C)C(O)C2O)C1O. The first kappa shape index (κ1) is 47.8. The van der Waals surface area contributed by atoms with Crippen LogP contribution in [0.5, 0.6) is 0 Å². The summed E-state index contributed by atoms with van der Waals surface area (Å²) in [6.07, 6.45) is -20.3. The van der Waals surface area contributed by atoms with Gasteiger partial charge in [-0.25, -0.2) is 9.59 Å². The minimum absolute atomic E-state index is 0.00385. The van der Waals surface area contributed by atoms with Gasteiger partial charge in [-0.2, -0.15) is 0 Å². The molecule has 0 aromatic rings. The largest absolute Gasteiger partial charge is 0.479 e. The van der Waals surface area contributed by atoms with Crippen molar-refractivity contribution in [1.82, 2.24) is 16.0 Å². The van der Waals surface area contributed by atoms with Crippen LogP contribution in [0.2, 0.25) is 0 Å². The Bertz CT molecular complexity index is 1390. The number of hydrogen-bond acceptors (Lipinski definition) is 22. The van der Waals surface area contributed by atoms with Crippen molar-refractivity contribution < 1.29 is 103 Å². The van der Waals surface area contributed by atoms with E-state index in [9.17, 15) is 65.1 Å². The smallest absolute Gasteiger partial charge is 0.333 e. The predicted octanol–water partition coefficient (Wildman–Crippen LogP) is -7.56. The second kappa shape index (κ2) is 22.1. The molecule has 20 unspecified atom stereocenters. The number of carboxylic acid groups (broad SMARTS) is 2. The number of aliphatic carboxylic acids is 2. The molecule has 0 aromatic carbocycles. The normalized spacial score (nSPS) is 43.2. The third-order valence-corrected chi connectivity index (χ3v) is 10.4. The third kappa shape index (κ3) is 10.9. The standard InChI is InChI=1S/C34H53N3O21/c1-4-5-35-10-15-21(43)28(58-33-23(45)19(41)13(2)25(55-33)29(47)48)18(37-7-9-39)32(53-15)52-12-14-20(42)24(46)34(56-26(14)30(49)50)57-27-17(36-6-8-38)31(51-3)54-16(11-40)22(27)44/h1,8-9,13-28,31-37,40-46H,5-7,10-12H2,2-3H3,(H,47,48)(H,49,50). The van der Waals surface area contributed by atoms with Crippen molar-refractivity contribution in [3.63, 3.8) is 0 Å². The van der Waals surface area contributed by atoms with E-state index in [1.807, 2.05) is 0 Å². The van der Waals surface area contributed by atoms with Crippen molar-refractivity contribution in [3.05, 3.63) is 0 Å². The second-order valence-corrected chi connectivity index (χ2v) is 14.1. The van der Waals surface area contributed by atoms with Gasteiger partial charge in [0.15, 0.2) is 37.4 Å². The van der Waals surface area contributed by atoms with Crippen LogP contribution in [0.1, 0.15) is 6.92 Å². The van der Waals surface area contributed by atoms with E-state index in [0.29, 0.717) is 12.6 Å². The molecule has 4 fully saturated rings. The lowest BCUT2D eigenvalue weighted by molar-refractivity contribution is -0.345. The van der Waals surface area contributed by atoms with E-state index < -0.39 is 154 Å². The average molecular weight is 840 g/mol. The van der Waals surface area contributed by atoms with Crippen LogP contribution >= 0.6 is 0 Å². The molecule has 0 radical (unpaired) electrons. The second-order valence-electron chi connectivity index (χ2n) is 14.1. The van der Waals surface area contributed by atoms with Crippen molar-refractivity contribution in [2.24, 2.45) is 11.8 Å². The van der Waals surface area contributed by atoms with E-state index >= 15 is 0 Å². The summed E-state index contributed by atoms with van der Waals surface area (Å²) in [5.41, 5.74) is 0. The number of terminal acetylenes is 1. The van der Waals surface area contributed by atoms with Gasteiger partial charge in [0.05, 0.1) is 57.1 Å². The Labute approximate surface area is 331 Å². The Hall–Kier alpha value is -2.88. The van der Waals surface area contributed by atoms with Crippen LogP contribution in [-0.4, -0.2) is 227 Å². The highest BCUT2D eigenvalue weighted by Crippen LogP contribution is 2.35. The van der Waals surface area contributed by atoms with E-state index in [2.05, 4.69) is 21.9 Å². The van der Waals surface area contributed by atoms with Crippen LogP contribution in [0.15, 0.2) is 0 Å². The van der Waals surface area contributed by atoms with E-state index in [0.717, 1.165) is 0 Å². The van der Waals surface area contributed by atoms with Crippen LogP contribution in [0.25, 0.3) is 0 Å². The summed E-state index contributed by atoms with van der Waals surface area (Å²) < 4.78 is 45.6. The van der Waals surface area contributed by atoms with Gasteiger partial charge in [0.2, 0.25) is 0 Å². The maximum Gasteiger partial charge on any atom is 0.333 e. The number of hydrogen-bond donors (Lipinski definition) is 12. The molecule has 12 N–H and O–H groups in total. The first-order valence-corrected chi connectivity index (χ1v) is 18.4. The molecule has 0 aromatic heterocycles. The van der Waals surface area contributed by atoms with Crippen LogP contribution in [0.3, 0.4) is 0 Å². The van der Waals surface area contributed by atoms with E-state index in [4.69, 9.17) is 44.3 Å². The minimum atomic E-state index is -2.02. The molecule has 0 bridgehead atoms. The van der Waals surface area contributed by atoms with Crippen LogP contribution < -0.4 is 16.0 Å². The van der Waals surface area contributed by atoms with E-state index in [1.54, 1.807) is 0 Å². The van der Waals surface area contributed by atoms with Crippen molar-refractivity contribution in [1.29, 1.82) is 0 Å². The van der Waals surface area contributed by atoms with Gasteiger partial charge in [-0.1, -0.05) is 12.8 Å². The van der Waals surface area contributed by atoms with Gasteiger partial charge in [-0.15, -0.1) is 6.42 Å². The molecule has 4 aliphatic heterocycles. The minimum Gasteiger partial charge on any atom is -0.479 e. The Morgan fingerprint density at radius 1 is 0.724 bits per heavy atom. The first-order chi connectivity index (χ1) is 27.6. The molecule has 4 heterocycles. The Kier molecular flexibility index (Phi) is 18.2. The molecule has 0 saturated carbocycles. The lowest BCUT2D eigenvalue weighted by atomic mass is 9.89. The lowest BCUT2D eigenvalue weighted by Gasteiger charge is -2.49. The maximum absolute atomic E-state index is 12.6. The number of rotatable bonds is 20. The fraction of sp³-hybridized carbons (Fsp3) is 0.824. The van der Waals surface area contributed by atoms with Gasteiger partial charge in [-0.3, -0.25) is 0 Å². The lowest BCUT2D eigenvalue weighted by Crippen LogP contribution is -2.68. The molecule has 0 amide bonds. The summed E-state index contributed by atoms with van der Waals surface area (Å²) in [6.45, 7) is -1.01. The molecule has 24 nitrogen and oxygen atoms in total. The van der Waals surface area contributed by atoms with Crippen LogP contribution in [0.4, 0.5) is 0 Å². The number of aldehydes is 2. The molecule has 20 atom stereocenters. The molecular weight excluding hydrogens is 786 g/mol. The van der Waals surface area contributed by atoms with Crippen molar-refractivity contribution in [2.45, 2.75) is 117 Å². The van der Waals surface area contributed by atoms with Crippen LogP contribution in [-0.2, 0) is 57.1 Å². The van der Waals surface area contributed by atoms with Gasteiger partial charge >= 0.3 is 11.9 Å². The number of carboxylic acids is 2. The zero-order valence-electron chi connectivity index (χ0n) is 31.4. The van der Waals surface area contributed by atoms with Crippen molar-refractivity contribution in [3.8, 4) is 12.3 Å². The van der Waals surface area contributed by atoms with E-state index in [1.165, 1.54) is 14.0 Å². The molecule has 4 aliphatic rings. The Morgan fingerprint density at radius 3 is 1.76 bits per heavy atom. The highest BCUT2D eigenvalue weighted by molar-refractivity contribution is 5.73. The number of ether oxygens (including phenoxy) is 8. The Morgan fingerprint density at radius 2 is 1.24 bits per heavy atom. The number of aliphatic hydroxyl groups is 7. The summed E-state index contributed by atoms with van der Waals surface area (Å²) >= 11 is 0. The molecule has 0 aliphatic carbocycles. The van der Waals surface area contributed by atoms with Gasteiger partial charge in [-0.05, 0) is 0 Å². The summed E-state index contributed by atoms with van der Waals surface area (Å²) in [5, 5.41) is 104. The summed E-state index contributed by atoms with van der Waals surface area (Å²) in [7, 11) is 1.23. The molecule has 24 heteroatoms. The molecular formula is C34H53N3O21. The fourth-order valence-electron chi connectivity index (χ4n) is 7.28. The molecule has 4 saturated heterocycles. The highest BCUT2D eigenvalue weighted by Gasteiger charge is 2.55. The van der Waals surface area contributed by atoms with Gasteiger partial charge in [0.1, 0.15) is 61.4 Å². The van der Waals surface area contributed by atoms with E-state index in [-0.39, 0.29) is 19.6 Å². The summed E-state index contributed by atoms with van der Waals surface area (Å²) in [5.74, 6) is -3.47. The number of carbonyl (C=O) groups excluding carboxylic acids is 2. The van der Waals surface area contributed by atoms with Crippen molar-refractivity contribution >= 4 is 24.5 Å². The summed E-state index contributed by atoms with van der Waals surface area (Å²) in [6, 6.07) is -2.52. The number of nitrogens with one attached hydrogen (secondary N) is 3. The number of aliphatic hydroxyl groups excluding tert-OH is 7. The van der Waals surface area contributed by atoms with Crippen LogP contribution in [0, 0.1) is 24.2 Å². The topological polar surface area (TPSA) is 360 Å². The Balaban J connectivity index is 1.59. The van der Waals surface area contributed by atoms with Gasteiger partial charge in [0.25, 0.3) is 0 Å². The highest BCUT2D eigenvalue weighted by atomic mass is 16.7. The third-order valence-electron chi connectivity index (χ3n) is 10.4. The number of methoxy groups -OCH3 is 1. The quantitative estimate of drug-likeness (QED) is 0.0308. The van der Waals surface area contributed by atoms with Gasteiger partial charge in [0, 0.05) is 25.5 Å². The average Bonchev–Trinajstić information content (AvgIpc) is 3.20. The zero-order chi connectivity index (χ0) is 42.8. The predicted molar refractivity (Wildman–Crippen MR) is 186 cm³/mol. The monoisotopic (exact) mass is 839 g/mol.